The Balaban J connectivity index is 2.20. The smallest absolute Gasteiger partial charge is 0.273 e. The quantitative estimate of drug-likeness (QED) is 0.601. The van der Waals surface area contributed by atoms with Gasteiger partial charge in [0.1, 0.15) is 0 Å². The molecular formula is C18H21N3O5S. The summed E-state index contributed by atoms with van der Waals surface area (Å²) in [5.41, 5.74) is 2.57. The summed E-state index contributed by atoms with van der Waals surface area (Å²) in [6.07, 6.45) is 0. The Morgan fingerprint density at radius 1 is 1.15 bits per heavy atom. The minimum atomic E-state index is -4.05. The third-order valence-corrected chi connectivity index (χ3v) is 6.13. The van der Waals surface area contributed by atoms with Gasteiger partial charge in [0.2, 0.25) is 15.9 Å². The second kappa shape index (κ2) is 7.85. The van der Waals surface area contributed by atoms with Gasteiger partial charge in [-0.15, -0.1) is 0 Å². The van der Waals surface area contributed by atoms with Gasteiger partial charge in [-0.05, 0) is 44.0 Å². The summed E-state index contributed by atoms with van der Waals surface area (Å²) < 4.78 is 26.2. The molecule has 2 aromatic rings. The summed E-state index contributed by atoms with van der Waals surface area (Å²) in [4.78, 5) is 22.4. The normalized spacial score (nSPS) is 11.4. The van der Waals surface area contributed by atoms with Crippen LogP contribution >= 0.6 is 0 Å². The number of nitrogens with one attached hydrogen (secondary N) is 1. The SMILES string of the molecule is Cc1ccc(S(=O)(=O)N(C)CC(=O)Nc2cccc(C)c2C)cc1[N+](=O)[O-]. The highest BCUT2D eigenvalue weighted by Crippen LogP contribution is 2.24. The maximum absolute atomic E-state index is 12.7. The lowest BCUT2D eigenvalue weighted by molar-refractivity contribution is -0.385. The van der Waals surface area contributed by atoms with Crippen molar-refractivity contribution in [2.45, 2.75) is 25.7 Å². The van der Waals surface area contributed by atoms with Gasteiger partial charge in [0.05, 0.1) is 16.4 Å². The first-order valence-electron chi connectivity index (χ1n) is 8.11. The summed E-state index contributed by atoms with van der Waals surface area (Å²) in [5.74, 6) is -0.503. The summed E-state index contributed by atoms with van der Waals surface area (Å²) in [7, 11) is -2.80. The number of carbonyl (C=O) groups is 1. The Morgan fingerprint density at radius 2 is 1.81 bits per heavy atom. The minimum Gasteiger partial charge on any atom is -0.325 e. The second-order valence-corrected chi connectivity index (χ2v) is 8.31. The largest absolute Gasteiger partial charge is 0.325 e. The van der Waals surface area contributed by atoms with Gasteiger partial charge >= 0.3 is 0 Å². The zero-order chi connectivity index (χ0) is 20.4. The number of aryl methyl sites for hydroxylation is 2. The van der Waals surface area contributed by atoms with E-state index in [4.69, 9.17) is 0 Å². The maximum Gasteiger partial charge on any atom is 0.273 e. The molecule has 0 spiro atoms. The van der Waals surface area contributed by atoms with E-state index in [9.17, 15) is 23.3 Å². The number of nitro benzene ring substituents is 1. The molecule has 0 aromatic heterocycles. The van der Waals surface area contributed by atoms with Crippen LogP contribution in [0.3, 0.4) is 0 Å². The number of sulfonamides is 1. The fourth-order valence-electron chi connectivity index (χ4n) is 2.49. The average Bonchev–Trinajstić information content (AvgIpc) is 2.58. The minimum absolute atomic E-state index is 0.234. The van der Waals surface area contributed by atoms with Crippen LogP contribution in [-0.2, 0) is 14.8 Å². The van der Waals surface area contributed by atoms with Crippen molar-refractivity contribution in [1.82, 2.24) is 4.31 Å². The number of nitrogens with zero attached hydrogens (tertiary/aromatic N) is 2. The van der Waals surface area contributed by atoms with Crippen LogP contribution in [0.2, 0.25) is 0 Å². The molecule has 0 unspecified atom stereocenters. The topological polar surface area (TPSA) is 110 Å². The fourth-order valence-corrected chi connectivity index (χ4v) is 3.64. The third-order valence-electron chi connectivity index (χ3n) is 4.33. The monoisotopic (exact) mass is 391 g/mol. The molecule has 27 heavy (non-hydrogen) atoms. The number of rotatable bonds is 6. The number of anilines is 1. The highest BCUT2D eigenvalue weighted by molar-refractivity contribution is 7.89. The van der Waals surface area contributed by atoms with Crippen LogP contribution in [0, 0.1) is 30.9 Å². The first-order chi connectivity index (χ1) is 12.5. The van der Waals surface area contributed by atoms with Crippen LogP contribution in [-0.4, -0.2) is 37.1 Å². The van der Waals surface area contributed by atoms with Crippen LogP contribution in [0.15, 0.2) is 41.3 Å². The summed E-state index contributed by atoms with van der Waals surface area (Å²) in [5, 5.41) is 13.7. The molecular weight excluding hydrogens is 370 g/mol. The highest BCUT2D eigenvalue weighted by atomic mass is 32.2. The number of benzene rings is 2. The van der Waals surface area contributed by atoms with Crippen molar-refractivity contribution < 1.29 is 18.1 Å². The number of amides is 1. The maximum atomic E-state index is 12.7. The van der Waals surface area contributed by atoms with Crippen molar-refractivity contribution in [2.24, 2.45) is 0 Å². The van der Waals surface area contributed by atoms with Crippen molar-refractivity contribution in [1.29, 1.82) is 0 Å². The van der Waals surface area contributed by atoms with E-state index >= 15 is 0 Å². The average molecular weight is 391 g/mol. The first kappa shape index (κ1) is 20.5. The second-order valence-electron chi connectivity index (χ2n) is 6.26. The molecule has 0 bridgehead atoms. The highest BCUT2D eigenvalue weighted by Gasteiger charge is 2.26. The van der Waals surface area contributed by atoms with Crippen molar-refractivity contribution in [2.75, 3.05) is 18.9 Å². The van der Waals surface area contributed by atoms with Crippen molar-refractivity contribution >= 4 is 27.3 Å². The van der Waals surface area contributed by atoms with E-state index < -0.39 is 27.4 Å². The Labute approximate surface area is 158 Å². The Bertz CT molecular complexity index is 1000. The van der Waals surface area contributed by atoms with Gasteiger partial charge in [-0.1, -0.05) is 18.2 Å². The van der Waals surface area contributed by atoms with E-state index in [1.54, 1.807) is 12.1 Å². The summed E-state index contributed by atoms with van der Waals surface area (Å²) in [6, 6.07) is 9.10. The van der Waals surface area contributed by atoms with Gasteiger partial charge < -0.3 is 5.32 Å². The first-order valence-corrected chi connectivity index (χ1v) is 9.55. The van der Waals surface area contributed by atoms with Crippen LogP contribution in [0.4, 0.5) is 11.4 Å². The molecule has 0 aliphatic rings. The van der Waals surface area contributed by atoms with Crippen molar-refractivity contribution in [3.05, 3.63) is 63.2 Å². The molecule has 144 valence electrons. The number of hydrogen-bond donors (Lipinski definition) is 1. The van der Waals surface area contributed by atoms with E-state index in [0.717, 1.165) is 21.5 Å². The van der Waals surface area contributed by atoms with Crippen molar-refractivity contribution in [3.8, 4) is 0 Å². The zero-order valence-corrected chi connectivity index (χ0v) is 16.3. The molecule has 1 amide bonds. The molecule has 0 atom stereocenters. The number of hydrogen-bond acceptors (Lipinski definition) is 5. The van der Waals surface area contributed by atoms with E-state index in [0.29, 0.717) is 11.3 Å². The van der Waals surface area contributed by atoms with Gasteiger partial charge in [0, 0.05) is 24.4 Å². The van der Waals surface area contributed by atoms with E-state index in [1.807, 2.05) is 19.9 Å². The Morgan fingerprint density at radius 3 is 2.44 bits per heavy atom. The Hall–Kier alpha value is -2.78. The molecule has 0 saturated carbocycles. The molecule has 0 fully saturated rings. The van der Waals surface area contributed by atoms with E-state index in [2.05, 4.69) is 5.32 Å². The lowest BCUT2D eigenvalue weighted by Gasteiger charge is -2.18. The van der Waals surface area contributed by atoms with Crippen LogP contribution in [0.25, 0.3) is 0 Å². The molecule has 2 aromatic carbocycles. The van der Waals surface area contributed by atoms with Gasteiger partial charge in [-0.2, -0.15) is 4.31 Å². The molecule has 2 rings (SSSR count). The zero-order valence-electron chi connectivity index (χ0n) is 15.5. The van der Waals surface area contributed by atoms with Gasteiger partial charge in [-0.25, -0.2) is 8.42 Å². The molecule has 8 nitrogen and oxygen atoms in total. The van der Waals surface area contributed by atoms with Crippen LogP contribution in [0.1, 0.15) is 16.7 Å². The van der Waals surface area contributed by atoms with Gasteiger partial charge in [-0.3, -0.25) is 14.9 Å². The molecule has 0 heterocycles. The number of nitro groups is 1. The van der Waals surface area contributed by atoms with E-state index in [1.165, 1.54) is 26.1 Å². The number of carbonyl (C=O) groups excluding carboxylic acids is 1. The molecule has 9 heteroatoms. The summed E-state index contributed by atoms with van der Waals surface area (Å²) in [6.45, 7) is 4.87. The predicted octanol–water partition coefficient (Wildman–Crippen LogP) is 2.78. The number of likely N-dealkylation sites (N-methyl/N-ethyl adjacent to an activating group) is 1. The lowest BCUT2D eigenvalue weighted by atomic mass is 10.1. The molecule has 0 radical (unpaired) electrons. The fraction of sp³-hybridized carbons (Fsp3) is 0.278. The predicted molar refractivity (Wildman–Crippen MR) is 102 cm³/mol. The third kappa shape index (κ3) is 4.50. The molecule has 0 saturated heterocycles. The molecule has 1 N–H and O–H groups in total. The van der Waals surface area contributed by atoms with E-state index in [-0.39, 0.29) is 10.6 Å². The van der Waals surface area contributed by atoms with Crippen LogP contribution in [0.5, 0.6) is 0 Å². The molecule has 0 aliphatic carbocycles. The Kier molecular flexibility index (Phi) is 5.97. The van der Waals surface area contributed by atoms with Crippen LogP contribution < -0.4 is 5.32 Å². The standard InChI is InChI=1S/C18H21N3O5S/c1-12-6-5-7-16(14(12)3)19-18(22)11-20(4)27(25,26)15-9-8-13(2)17(10-15)21(23)24/h5-10H,11H2,1-4H3,(H,19,22). The van der Waals surface area contributed by atoms with Gasteiger partial charge in [0.15, 0.2) is 0 Å². The van der Waals surface area contributed by atoms with Gasteiger partial charge in [0.25, 0.3) is 5.69 Å². The lowest BCUT2D eigenvalue weighted by Crippen LogP contribution is -2.35. The molecule has 0 aliphatic heterocycles. The summed E-state index contributed by atoms with van der Waals surface area (Å²) >= 11 is 0. The van der Waals surface area contributed by atoms with Crippen molar-refractivity contribution in [3.63, 3.8) is 0 Å².